The maximum atomic E-state index is 13.2. The first-order valence-corrected chi connectivity index (χ1v) is 11.8. The molecule has 4 rings (SSSR count). The van der Waals surface area contributed by atoms with E-state index in [4.69, 9.17) is 0 Å². The SMILES string of the molecule is CC(=O)N(c1ccc(C)c(C)c1)c1nc(CSc2nnc(-c3ccc(F)cc3)n2C)cs1. The Morgan fingerprint density at radius 1 is 1.12 bits per heavy atom. The van der Waals surface area contributed by atoms with E-state index in [9.17, 15) is 9.18 Å². The van der Waals surface area contributed by atoms with E-state index in [0.717, 1.165) is 27.7 Å². The van der Waals surface area contributed by atoms with Crippen LogP contribution in [0, 0.1) is 19.7 Å². The number of carbonyl (C=O) groups excluding carboxylic acids is 1. The van der Waals surface area contributed by atoms with Gasteiger partial charge in [-0.25, -0.2) is 9.37 Å². The van der Waals surface area contributed by atoms with Crippen molar-refractivity contribution in [2.75, 3.05) is 4.90 Å². The molecule has 0 aliphatic carbocycles. The zero-order chi connectivity index (χ0) is 22.8. The van der Waals surface area contributed by atoms with E-state index in [0.29, 0.717) is 16.7 Å². The molecule has 0 unspecified atom stereocenters. The highest BCUT2D eigenvalue weighted by Crippen LogP contribution is 2.32. The van der Waals surface area contributed by atoms with Gasteiger partial charge in [0.1, 0.15) is 5.82 Å². The number of thiazole rings is 1. The van der Waals surface area contributed by atoms with Crippen LogP contribution in [-0.4, -0.2) is 25.7 Å². The Morgan fingerprint density at radius 3 is 2.56 bits per heavy atom. The fourth-order valence-electron chi connectivity index (χ4n) is 3.19. The number of halogens is 1. The van der Waals surface area contributed by atoms with Crippen LogP contribution < -0.4 is 4.90 Å². The van der Waals surface area contributed by atoms with E-state index >= 15 is 0 Å². The first-order chi connectivity index (χ1) is 15.3. The highest BCUT2D eigenvalue weighted by Gasteiger charge is 2.19. The summed E-state index contributed by atoms with van der Waals surface area (Å²) in [6.07, 6.45) is 0. The number of aryl methyl sites for hydroxylation is 2. The number of anilines is 2. The largest absolute Gasteiger partial charge is 0.305 e. The molecule has 0 fully saturated rings. The molecule has 2 aromatic heterocycles. The molecular formula is C23H22FN5OS2. The van der Waals surface area contributed by atoms with Crippen molar-refractivity contribution in [1.29, 1.82) is 0 Å². The van der Waals surface area contributed by atoms with Crippen molar-refractivity contribution in [3.8, 4) is 11.4 Å². The fraction of sp³-hybridized carbons (Fsp3) is 0.217. The smallest absolute Gasteiger partial charge is 0.230 e. The normalized spacial score (nSPS) is 11.0. The molecule has 0 atom stereocenters. The molecule has 0 bridgehead atoms. The van der Waals surface area contributed by atoms with E-state index in [-0.39, 0.29) is 11.7 Å². The number of hydrogen-bond acceptors (Lipinski definition) is 6. The Bertz CT molecular complexity index is 1270. The molecule has 0 radical (unpaired) electrons. The van der Waals surface area contributed by atoms with Crippen LogP contribution in [0.1, 0.15) is 23.7 Å². The molecule has 6 nitrogen and oxygen atoms in total. The number of carbonyl (C=O) groups is 1. The number of thioether (sulfide) groups is 1. The third-order valence-corrected chi connectivity index (χ3v) is 7.01. The van der Waals surface area contributed by atoms with Gasteiger partial charge in [0.15, 0.2) is 16.1 Å². The Kier molecular flexibility index (Phi) is 6.38. The second kappa shape index (κ2) is 9.22. The number of hydrogen-bond donors (Lipinski definition) is 0. The monoisotopic (exact) mass is 467 g/mol. The topological polar surface area (TPSA) is 63.9 Å². The summed E-state index contributed by atoms with van der Waals surface area (Å²) in [4.78, 5) is 18.7. The molecule has 0 saturated heterocycles. The third kappa shape index (κ3) is 4.58. The molecule has 4 aromatic rings. The molecule has 0 saturated carbocycles. The van der Waals surface area contributed by atoms with E-state index in [2.05, 4.69) is 15.2 Å². The highest BCUT2D eigenvalue weighted by molar-refractivity contribution is 7.98. The van der Waals surface area contributed by atoms with Crippen molar-refractivity contribution in [2.45, 2.75) is 31.7 Å². The molecule has 0 N–H and O–H groups in total. The lowest BCUT2D eigenvalue weighted by molar-refractivity contribution is -0.115. The molecule has 2 aromatic carbocycles. The standard InChI is InChI=1S/C23H22FN5OS2/c1-14-5-10-20(11-15(14)2)29(16(3)30)22-25-19(12-31-22)13-32-23-27-26-21(28(23)4)17-6-8-18(24)9-7-17/h5-12H,13H2,1-4H3. The van der Waals surface area contributed by atoms with E-state index < -0.39 is 0 Å². The Morgan fingerprint density at radius 2 is 1.88 bits per heavy atom. The van der Waals surface area contributed by atoms with Crippen molar-refractivity contribution in [2.24, 2.45) is 7.05 Å². The van der Waals surface area contributed by atoms with Gasteiger partial charge in [-0.05, 0) is 61.4 Å². The van der Waals surface area contributed by atoms with Crippen LogP contribution in [-0.2, 0) is 17.6 Å². The quantitative estimate of drug-likeness (QED) is 0.342. The number of aromatic nitrogens is 4. The lowest BCUT2D eigenvalue weighted by Crippen LogP contribution is -2.22. The predicted molar refractivity (Wildman–Crippen MR) is 127 cm³/mol. The molecular weight excluding hydrogens is 445 g/mol. The zero-order valence-corrected chi connectivity index (χ0v) is 19.8. The van der Waals surface area contributed by atoms with Crippen molar-refractivity contribution < 1.29 is 9.18 Å². The van der Waals surface area contributed by atoms with Crippen LogP contribution >= 0.6 is 23.1 Å². The fourth-order valence-corrected chi connectivity index (χ4v) is 4.98. The van der Waals surface area contributed by atoms with E-state index in [1.54, 1.807) is 24.0 Å². The number of amides is 1. The molecule has 164 valence electrons. The lowest BCUT2D eigenvalue weighted by Gasteiger charge is -2.19. The summed E-state index contributed by atoms with van der Waals surface area (Å²) in [6, 6.07) is 12.1. The molecule has 0 aliphatic heterocycles. The summed E-state index contributed by atoms with van der Waals surface area (Å²) < 4.78 is 15.1. The van der Waals surface area contributed by atoms with Gasteiger partial charge in [-0.3, -0.25) is 9.69 Å². The van der Waals surface area contributed by atoms with Crippen LogP contribution in [0.2, 0.25) is 0 Å². The summed E-state index contributed by atoms with van der Waals surface area (Å²) in [7, 11) is 1.88. The average molecular weight is 468 g/mol. The van der Waals surface area contributed by atoms with E-state index in [1.165, 1.54) is 40.8 Å². The minimum atomic E-state index is -0.287. The third-order valence-electron chi connectivity index (χ3n) is 5.08. The van der Waals surface area contributed by atoms with Gasteiger partial charge >= 0.3 is 0 Å². The summed E-state index contributed by atoms with van der Waals surface area (Å²) in [5.41, 5.74) is 4.77. The predicted octanol–water partition coefficient (Wildman–Crippen LogP) is 5.67. The minimum Gasteiger partial charge on any atom is -0.305 e. The maximum Gasteiger partial charge on any atom is 0.230 e. The average Bonchev–Trinajstić information content (AvgIpc) is 3.36. The summed E-state index contributed by atoms with van der Waals surface area (Å²) >= 11 is 2.94. The Labute approximate surface area is 194 Å². The van der Waals surface area contributed by atoms with Gasteiger partial charge in [-0.2, -0.15) is 0 Å². The zero-order valence-electron chi connectivity index (χ0n) is 18.2. The van der Waals surface area contributed by atoms with Crippen LogP contribution in [0.4, 0.5) is 15.2 Å². The molecule has 0 aliphatic rings. The second-order valence-electron chi connectivity index (χ2n) is 7.41. The van der Waals surface area contributed by atoms with Crippen LogP contribution in [0.25, 0.3) is 11.4 Å². The summed E-state index contributed by atoms with van der Waals surface area (Å²) in [6.45, 7) is 5.62. The molecule has 0 spiro atoms. The summed E-state index contributed by atoms with van der Waals surface area (Å²) in [5, 5.41) is 11.8. The van der Waals surface area contributed by atoms with Gasteiger partial charge in [0.05, 0.1) is 11.4 Å². The molecule has 32 heavy (non-hydrogen) atoms. The maximum absolute atomic E-state index is 13.2. The van der Waals surface area contributed by atoms with Crippen LogP contribution in [0.15, 0.2) is 53.0 Å². The molecule has 2 heterocycles. The number of benzene rings is 2. The van der Waals surface area contributed by atoms with Crippen molar-refractivity contribution in [3.05, 3.63) is 70.5 Å². The summed E-state index contributed by atoms with van der Waals surface area (Å²) in [5.74, 6) is 0.887. The number of nitrogens with zero attached hydrogens (tertiary/aromatic N) is 5. The molecule has 9 heteroatoms. The van der Waals surface area contributed by atoms with E-state index in [1.807, 2.05) is 49.0 Å². The van der Waals surface area contributed by atoms with Crippen LogP contribution in [0.3, 0.4) is 0 Å². The van der Waals surface area contributed by atoms with Gasteiger partial charge in [-0.15, -0.1) is 21.5 Å². The lowest BCUT2D eigenvalue weighted by atomic mass is 10.1. The first-order valence-electron chi connectivity index (χ1n) is 9.94. The highest BCUT2D eigenvalue weighted by atomic mass is 32.2. The first kappa shape index (κ1) is 22.2. The van der Waals surface area contributed by atoms with Gasteiger partial charge in [0, 0.05) is 30.7 Å². The van der Waals surface area contributed by atoms with Crippen molar-refractivity contribution in [1.82, 2.24) is 19.7 Å². The Balaban J connectivity index is 1.50. The Hall–Kier alpha value is -3.04. The van der Waals surface area contributed by atoms with Gasteiger partial charge in [-0.1, -0.05) is 17.8 Å². The van der Waals surface area contributed by atoms with Crippen molar-refractivity contribution >= 4 is 39.8 Å². The van der Waals surface area contributed by atoms with Gasteiger partial charge in [0.2, 0.25) is 5.91 Å². The second-order valence-corrected chi connectivity index (χ2v) is 9.18. The van der Waals surface area contributed by atoms with Gasteiger partial charge in [0.25, 0.3) is 0 Å². The van der Waals surface area contributed by atoms with Crippen molar-refractivity contribution in [3.63, 3.8) is 0 Å². The minimum absolute atomic E-state index is 0.0842. The van der Waals surface area contributed by atoms with Gasteiger partial charge < -0.3 is 4.57 Å². The molecule has 1 amide bonds. The van der Waals surface area contributed by atoms with Crippen LogP contribution in [0.5, 0.6) is 0 Å². The number of rotatable bonds is 6.